The van der Waals surface area contributed by atoms with Gasteiger partial charge in [-0.05, 0) is 29.7 Å². The predicted octanol–water partition coefficient (Wildman–Crippen LogP) is 3.35. The second-order valence-corrected chi connectivity index (χ2v) is 7.95. The van der Waals surface area contributed by atoms with Crippen molar-refractivity contribution < 1.29 is 39.6 Å². The molecule has 0 saturated heterocycles. The van der Waals surface area contributed by atoms with Gasteiger partial charge in [-0.3, -0.25) is 9.52 Å². The van der Waals surface area contributed by atoms with Crippen LogP contribution in [0.5, 0.6) is 0 Å². The molecule has 3 rings (SSSR count). The average molecular weight is 438 g/mol. The molecule has 5 nitrogen and oxygen atoms in total. The van der Waals surface area contributed by atoms with Gasteiger partial charge >= 0.3 is 12.1 Å². The molecule has 1 aliphatic heterocycles. The number of anilines is 1. The number of sulfonamides is 1. The first-order chi connectivity index (χ1) is 13.4. The lowest BCUT2D eigenvalue weighted by Crippen LogP contribution is -2.43. The second-order valence-electron chi connectivity index (χ2n) is 6.26. The molecule has 1 N–H and O–H groups in total. The maximum absolute atomic E-state index is 13.3. The third-order valence-electron chi connectivity index (χ3n) is 4.27. The molecule has 0 atom stereocenters. The van der Waals surface area contributed by atoms with E-state index >= 15 is 0 Å². The summed E-state index contributed by atoms with van der Waals surface area (Å²) in [6.45, 7) is -0.624. The smallest absolute Gasteiger partial charge is 0.330 e. The lowest BCUT2D eigenvalue weighted by atomic mass is 10.00. The van der Waals surface area contributed by atoms with Gasteiger partial charge in [-0.1, -0.05) is 6.07 Å². The molecule has 0 aromatic heterocycles. The summed E-state index contributed by atoms with van der Waals surface area (Å²) in [5.74, 6) is -7.01. The van der Waals surface area contributed by atoms with Crippen molar-refractivity contribution in [3.05, 3.63) is 58.9 Å². The highest BCUT2D eigenvalue weighted by atomic mass is 32.2. The van der Waals surface area contributed by atoms with Gasteiger partial charge in [-0.2, -0.15) is 13.2 Å². The van der Waals surface area contributed by atoms with Crippen molar-refractivity contribution in [2.45, 2.75) is 24.0 Å². The van der Waals surface area contributed by atoms with E-state index in [0.717, 1.165) is 6.07 Å². The molecule has 0 unspecified atom stereocenters. The normalized spacial score (nSPS) is 14.5. The molecular formula is C17H12F6N2O3S. The monoisotopic (exact) mass is 438 g/mol. The molecule has 0 aliphatic carbocycles. The van der Waals surface area contributed by atoms with Gasteiger partial charge in [-0.25, -0.2) is 21.6 Å². The Bertz CT molecular complexity index is 1060. The summed E-state index contributed by atoms with van der Waals surface area (Å²) >= 11 is 0. The fourth-order valence-corrected chi connectivity index (χ4v) is 3.97. The Hall–Kier alpha value is -2.76. The third kappa shape index (κ3) is 4.31. The maximum Gasteiger partial charge on any atom is 0.471 e. The van der Waals surface area contributed by atoms with Crippen LogP contribution in [-0.2, 0) is 27.8 Å². The van der Waals surface area contributed by atoms with Crippen LogP contribution in [0.2, 0.25) is 0 Å². The van der Waals surface area contributed by atoms with Crippen LogP contribution in [0.1, 0.15) is 11.1 Å². The summed E-state index contributed by atoms with van der Waals surface area (Å²) in [4.78, 5) is 11.6. The molecule has 2 aromatic rings. The van der Waals surface area contributed by atoms with E-state index in [4.69, 9.17) is 0 Å². The van der Waals surface area contributed by atoms with E-state index in [1.54, 1.807) is 0 Å². The van der Waals surface area contributed by atoms with Gasteiger partial charge in [0.05, 0.1) is 10.6 Å². The Morgan fingerprint density at radius 3 is 2.21 bits per heavy atom. The SMILES string of the molecule is O=C(N1CCc2ccc(S(=O)(=O)Nc3cc(F)c(F)c(F)c3)cc2C1)C(F)(F)F. The Morgan fingerprint density at radius 1 is 1.00 bits per heavy atom. The Balaban J connectivity index is 1.88. The quantitative estimate of drug-likeness (QED) is 0.591. The highest BCUT2D eigenvalue weighted by Crippen LogP contribution is 2.27. The molecule has 156 valence electrons. The van der Waals surface area contributed by atoms with Crippen LogP contribution in [0.15, 0.2) is 35.2 Å². The lowest BCUT2D eigenvalue weighted by Gasteiger charge is -2.29. The van der Waals surface area contributed by atoms with Gasteiger partial charge in [0.15, 0.2) is 17.5 Å². The molecule has 1 amide bonds. The maximum atomic E-state index is 13.3. The topological polar surface area (TPSA) is 66.5 Å². The highest BCUT2D eigenvalue weighted by Gasteiger charge is 2.43. The standard InChI is InChI=1S/C17H12F6N2O3S/c18-13-6-11(7-14(19)15(13)20)24-29(27,28)12-2-1-9-3-4-25(8-10(9)5-12)16(26)17(21,22)23/h1-2,5-7,24H,3-4,8H2. The second kappa shape index (κ2) is 7.25. The number of hydrogen-bond acceptors (Lipinski definition) is 3. The van der Waals surface area contributed by atoms with E-state index in [2.05, 4.69) is 0 Å². The Morgan fingerprint density at radius 2 is 1.62 bits per heavy atom. The minimum absolute atomic E-state index is 0.0965. The number of nitrogens with zero attached hydrogens (tertiary/aromatic N) is 1. The number of benzene rings is 2. The molecule has 29 heavy (non-hydrogen) atoms. The summed E-state index contributed by atoms with van der Waals surface area (Å²) in [7, 11) is -4.39. The van der Waals surface area contributed by atoms with Crippen LogP contribution in [0.4, 0.5) is 32.0 Å². The first kappa shape index (κ1) is 21.0. The van der Waals surface area contributed by atoms with E-state index < -0.39 is 56.7 Å². The fourth-order valence-electron chi connectivity index (χ4n) is 2.88. The minimum Gasteiger partial charge on any atom is -0.330 e. The number of rotatable bonds is 3. The zero-order chi connectivity index (χ0) is 21.6. The highest BCUT2D eigenvalue weighted by molar-refractivity contribution is 7.92. The number of hydrogen-bond donors (Lipinski definition) is 1. The van der Waals surface area contributed by atoms with Crippen molar-refractivity contribution in [1.82, 2.24) is 4.90 Å². The van der Waals surface area contributed by atoms with Crippen LogP contribution in [0.3, 0.4) is 0 Å². The van der Waals surface area contributed by atoms with Crippen LogP contribution in [-0.4, -0.2) is 31.9 Å². The van der Waals surface area contributed by atoms with Crippen LogP contribution in [0.25, 0.3) is 0 Å². The summed E-state index contributed by atoms with van der Waals surface area (Å²) in [6, 6.07) is 4.50. The van der Waals surface area contributed by atoms with Gasteiger partial charge in [-0.15, -0.1) is 0 Å². The van der Waals surface area contributed by atoms with Gasteiger partial charge in [0.1, 0.15) is 0 Å². The van der Waals surface area contributed by atoms with Gasteiger partial charge in [0.25, 0.3) is 10.0 Å². The minimum atomic E-state index is -5.06. The van der Waals surface area contributed by atoms with Crippen molar-refractivity contribution in [3.63, 3.8) is 0 Å². The molecule has 0 spiro atoms. The van der Waals surface area contributed by atoms with Crippen LogP contribution in [0, 0.1) is 17.5 Å². The lowest BCUT2D eigenvalue weighted by molar-refractivity contribution is -0.186. The molecule has 2 aromatic carbocycles. The molecule has 0 bridgehead atoms. The molecule has 12 heteroatoms. The molecule has 1 aliphatic rings. The number of fused-ring (bicyclic) bond motifs is 1. The molecule has 1 heterocycles. The third-order valence-corrected chi connectivity index (χ3v) is 5.65. The molecule has 0 radical (unpaired) electrons. The molecule has 0 saturated carbocycles. The summed E-state index contributed by atoms with van der Waals surface area (Å²) < 4.78 is 104. The number of alkyl halides is 3. The summed E-state index contributed by atoms with van der Waals surface area (Å²) in [5, 5.41) is 0. The van der Waals surface area contributed by atoms with Crippen molar-refractivity contribution in [2.75, 3.05) is 11.3 Å². The molecular weight excluding hydrogens is 426 g/mol. The number of carbonyl (C=O) groups excluding carboxylic acids is 1. The number of nitrogens with one attached hydrogen (secondary N) is 1. The van der Waals surface area contributed by atoms with E-state index in [1.807, 2.05) is 4.72 Å². The largest absolute Gasteiger partial charge is 0.471 e. The first-order valence-corrected chi connectivity index (χ1v) is 9.52. The average Bonchev–Trinajstić information content (AvgIpc) is 2.63. The van der Waals surface area contributed by atoms with Crippen LogP contribution >= 0.6 is 0 Å². The van der Waals surface area contributed by atoms with Crippen molar-refractivity contribution in [1.29, 1.82) is 0 Å². The fraction of sp³-hybridized carbons (Fsp3) is 0.235. The van der Waals surface area contributed by atoms with Gasteiger partial charge < -0.3 is 4.90 Å². The van der Waals surface area contributed by atoms with Gasteiger partial charge in [0, 0.05) is 25.2 Å². The Kier molecular flexibility index (Phi) is 5.24. The van der Waals surface area contributed by atoms with Crippen molar-refractivity contribution in [3.8, 4) is 0 Å². The van der Waals surface area contributed by atoms with E-state index in [-0.39, 0.29) is 18.5 Å². The van der Waals surface area contributed by atoms with Crippen molar-refractivity contribution in [2.24, 2.45) is 0 Å². The first-order valence-electron chi connectivity index (χ1n) is 8.04. The number of carbonyl (C=O) groups is 1. The van der Waals surface area contributed by atoms with Crippen LogP contribution < -0.4 is 4.72 Å². The molecule has 0 fully saturated rings. The number of amides is 1. The predicted molar refractivity (Wildman–Crippen MR) is 88.7 cm³/mol. The zero-order valence-corrected chi connectivity index (χ0v) is 15.2. The van der Waals surface area contributed by atoms with Crippen molar-refractivity contribution >= 4 is 21.6 Å². The number of halogens is 6. The van der Waals surface area contributed by atoms with Gasteiger partial charge in [0.2, 0.25) is 0 Å². The summed E-state index contributed by atoms with van der Waals surface area (Å²) in [6.07, 6.45) is -4.96. The summed E-state index contributed by atoms with van der Waals surface area (Å²) in [5.41, 5.74) is 0.176. The van der Waals surface area contributed by atoms with E-state index in [0.29, 0.717) is 22.6 Å². The Labute approximate surface area is 161 Å². The van der Waals surface area contributed by atoms with E-state index in [9.17, 15) is 39.6 Å². The zero-order valence-electron chi connectivity index (χ0n) is 14.4. The van der Waals surface area contributed by atoms with E-state index in [1.165, 1.54) is 12.1 Å².